The molecule has 160 valence electrons. The summed E-state index contributed by atoms with van der Waals surface area (Å²) in [6.45, 7) is 7.72. The second kappa shape index (κ2) is 8.88. The SMILES string of the molecule is CC(C)(C)OC(=O)N1CCCC(C(=O)NC2CCN(C(=O)c3ccoc3)CC2)C1. The van der Waals surface area contributed by atoms with E-state index in [1.54, 1.807) is 15.9 Å². The maximum absolute atomic E-state index is 12.7. The monoisotopic (exact) mass is 405 g/mol. The zero-order valence-electron chi connectivity index (χ0n) is 17.5. The first-order valence-electron chi connectivity index (χ1n) is 10.3. The highest BCUT2D eigenvalue weighted by atomic mass is 16.6. The third-order valence-corrected chi connectivity index (χ3v) is 5.34. The number of likely N-dealkylation sites (tertiary alicyclic amines) is 2. The van der Waals surface area contributed by atoms with Crippen LogP contribution in [0.2, 0.25) is 0 Å². The van der Waals surface area contributed by atoms with E-state index in [1.165, 1.54) is 12.5 Å². The van der Waals surface area contributed by atoms with E-state index in [4.69, 9.17) is 9.15 Å². The van der Waals surface area contributed by atoms with Gasteiger partial charge in [0.2, 0.25) is 5.91 Å². The molecular weight excluding hydrogens is 374 g/mol. The van der Waals surface area contributed by atoms with Gasteiger partial charge in [0.15, 0.2) is 0 Å². The minimum absolute atomic E-state index is 0.0159. The normalized spacial score (nSPS) is 21.0. The van der Waals surface area contributed by atoms with Crippen LogP contribution in [0.4, 0.5) is 4.79 Å². The van der Waals surface area contributed by atoms with Gasteiger partial charge in [0.1, 0.15) is 11.9 Å². The number of hydrogen-bond donors (Lipinski definition) is 1. The maximum Gasteiger partial charge on any atom is 0.410 e. The fourth-order valence-corrected chi connectivity index (χ4v) is 3.80. The number of ether oxygens (including phenoxy) is 1. The highest BCUT2D eigenvalue weighted by Gasteiger charge is 2.32. The summed E-state index contributed by atoms with van der Waals surface area (Å²) >= 11 is 0. The van der Waals surface area contributed by atoms with Gasteiger partial charge < -0.3 is 24.3 Å². The molecular formula is C21H31N3O5. The van der Waals surface area contributed by atoms with Crippen LogP contribution in [-0.4, -0.2) is 65.5 Å². The van der Waals surface area contributed by atoms with Crippen molar-refractivity contribution < 1.29 is 23.5 Å². The largest absolute Gasteiger partial charge is 0.472 e. The molecule has 0 aromatic carbocycles. The number of nitrogens with one attached hydrogen (secondary N) is 1. The van der Waals surface area contributed by atoms with Gasteiger partial charge in [-0.2, -0.15) is 0 Å². The first kappa shape index (κ1) is 21.2. The average Bonchev–Trinajstić information content (AvgIpc) is 3.21. The van der Waals surface area contributed by atoms with Gasteiger partial charge in [-0.1, -0.05) is 0 Å². The number of piperidine rings is 2. The first-order chi connectivity index (χ1) is 13.7. The number of rotatable bonds is 3. The Hall–Kier alpha value is -2.51. The molecule has 0 radical (unpaired) electrons. The lowest BCUT2D eigenvalue weighted by Crippen LogP contribution is -2.51. The predicted molar refractivity (Wildman–Crippen MR) is 106 cm³/mol. The lowest BCUT2D eigenvalue weighted by Gasteiger charge is -2.36. The topological polar surface area (TPSA) is 92.1 Å². The van der Waals surface area contributed by atoms with Gasteiger partial charge in [-0.05, 0) is 52.5 Å². The average molecular weight is 405 g/mol. The van der Waals surface area contributed by atoms with E-state index in [-0.39, 0.29) is 29.9 Å². The number of furan rings is 1. The molecule has 1 atom stereocenters. The Kier molecular flexibility index (Phi) is 6.49. The van der Waals surface area contributed by atoms with Crippen molar-refractivity contribution >= 4 is 17.9 Å². The van der Waals surface area contributed by atoms with Crippen LogP contribution < -0.4 is 5.32 Å². The number of nitrogens with zero attached hydrogens (tertiary/aromatic N) is 2. The van der Waals surface area contributed by atoms with E-state index >= 15 is 0 Å². The molecule has 8 heteroatoms. The molecule has 2 saturated heterocycles. The first-order valence-corrected chi connectivity index (χ1v) is 10.3. The van der Waals surface area contributed by atoms with Crippen molar-refractivity contribution in [3.8, 4) is 0 Å². The summed E-state index contributed by atoms with van der Waals surface area (Å²) in [7, 11) is 0. The summed E-state index contributed by atoms with van der Waals surface area (Å²) in [5, 5.41) is 3.12. The van der Waals surface area contributed by atoms with Crippen LogP contribution in [0, 0.1) is 5.92 Å². The Morgan fingerprint density at radius 2 is 1.83 bits per heavy atom. The van der Waals surface area contributed by atoms with E-state index in [2.05, 4.69) is 5.32 Å². The summed E-state index contributed by atoms with van der Waals surface area (Å²) in [5.74, 6) is -0.275. The molecule has 2 aliphatic heterocycles. The lowest BCUT2D eigenvalue weighted by molar-refractivity contribution is -0.127. The molecule has 1 aromatic rings. The number of carbonyl (C=O) groups excluding carboxylic acids is 3. The second-order valence-corrected chi connectivity index (χ2v) is 8.85. The maximum atomic E-state index is 12.7. The van der Waals surface area contributed by atoms with Gasteiger partial charge in [0.05, 0.1) is 17.7 Å². The summed E-state index contributed by atoms with van der Waals surface area (Å²) in [4.78, 5) is 40.8. The second-order valence-electron chi connectivity index (χ2n) is 8.85. The third kappa shape index (κ3) is 5.74. The fraction of sp³-hybridized carbons (Fsp3) is 0.667. The molecule has 0 aliphatic carbocycles. The van der Waals surface area contributed by atoms with Crippen molar-refractivity contribution in [1.82, 2.24) is 15.1 Å². The van der Waals surface area contributed by atoms with Crippen LogP contribution >= 0.6 is 0 Å². The van der Waals surface area contributed by atoms with Gasteiger partial charge in [0.25, 0.3) is 5.91 Å². The van der Waals surface area contributed by atoms with Crippen molar-refractivity contribution in [2.24, 2.45) is 5.92 Å². The van der Waals surface area contributed by atoms with Crippen LogP contribution in [0.1, 0.15) is 56.8 Å². The molecule has 3 heterocycles. The molecule has 0 saturated carbocycles. The van der Waals surface area contributed by atoms with E-state index in [0.717, 1.165) is 25.7 Å². The standard InChI is InChI=1S/C21H31N3O5/c1-21(2,3)29-20(27)24-9-4-5-15(13-24)18(25)22-17-6-10-23(11-7-17)19(26)16-8-12-28-14-16/h8,12,14-15,17H,4-7,9-11,13H2,1-3H3,(H,22,25). The Labute approximate surface area is 171 Å². The van der Waals surface area contributed by atoms with E-state index in [0.29, 0.717) is 31.7 Å². The molecule has 0 bridgehead atoms. The molecule has 2 fully saturated rings. The van der Waals surface area contributed by atoms with Crippen LogP contribution in [0.3, 0.4) is 0 Å². The van der Waals surface area contributed by atoms with Crippen LogP contribution in [-0.2, 0) is 9.53 Å². The smallest absolute Gasteiger partial charge is 0.410 e. The molecule has 8 nitrogen and oxygen atoms in total. The lowest BCUT2D eigenvalue weighted by atomic mass is 9.96. The van der Waals surface area contributed by atoms with Gasteiger partial charge >= 0.3 is 6.09 Å². The third-order valence-electron chi connectivity index (χ3n) is 5.34. The van der Waals surface area contributed by atoms with Gasteiger partial charge in [-0.3, -0.25) is 9.59 Å². The van der Waals surface area contributed by atoms with Gasteiger partial charge in [-0.25, -0.2) is 4.79 Å². The van der Waals surface area contributed by atoms with Crippen LogP contribution in [0.25, 0.3) is 0 Å². The zero-order chi connectivity index (χ0) is 21.0. The van der Waals surface area contributed by atoms with E-state index in [1.807, 2.05) is 20.8 Å². The molecule has 1 N–H and O–H groups in total. The Morgan fingerprint density at radius 1 is 1.10 bits per heavy atom. The predicted octanol–water partition coefficient (Wildman–Crippen LogP) is 2.65. The van der Waals surface area contributed by atoms with Crippen molar-refractivity contribution in [3.05, 3.63) is 24.2 Å². The summed E-state index contributed by atoms with van der Waals surface area (Å²) in [6, 6.07) is 1.71. The number of amides is 3. The van der Waals surface area contributed by atoms with E-state index in [9.17, 15) is 14.4 Å². The zero-order valence-corrected chi connectivity index (χ0v) is 17.5. The fourth-order valence-electron chi connectivity index (χ4n) is 3.80. The quantitative estimate of drug-likeness (QED) is 0.835. The minimum Gasteiger partial charge on any atom is -0.472 e. The summed E-state index contributed by atoms with van der Waals surface area (Å²) < 4.78 is 10.4. The van der Waals surface area contributed by atoms with Crippen LogP contribution in [0.5, 0.6) is 0 Å². The molecule has 1 unspecified atom stereocenters. The van der Waals surface area contributed by atoms with Crippen molar-refractivity contribution in [2.45, 2.75) is 58.1 Å². The molecule has 29 heavy (non-hydrogen) atoms. The molecule has 1 aromatic heterocycles. The number of carbonyl (C=O) groups is 3. The number of hydrogen-bond acceptors (Lipinski definition) is 5. The Bertz CT molecular complexity index is 717. The highest BCUT2D eigenvalue weighted by Crippen LogP contribution is 2.21. The summed E-state index contributed by atoms with van der Waals surface area (Å²) in [5.41, 5.74) is 0.00524. The van der Waals surface area contributed by atoms with Gasteiger partial charge in [0, 0.05) is 32.2 Å². The van der Waals surface area contributed by atoms with Crippen LogP contribution in [0.15, 0.2) is 23.0 Å². The minimum atomic E-state index is -0.547. The molecule has 3 rings (SSSR count). The highest BCUT2D eigenvalue weighted by molar-refractivity contribution is 5.93. The Morgan fingerprint density at radius 3 is 2.45 bits per heavy atom. The molecule has 0 spiro atoms. The van der Waals surface area contributed by atoms with Crippen molar-refractivity contribution in [3.63, 3.8) is 0 Å². The van der Waals surface area contributed by atoms with E-state index < -0.39 is 5.60 Å². The van der Waals surface area contributed by atoms with Crippen molar-refractivity contribution in [2.75, 3.05) is 26.2 Å². The van der Waals surface area contributed by atoms with Gasteiger partial charge in [-0.15, -0.1) is 0 Å². The molecule has 3 amide bonds. The summed E-state index contributed by atoms with van der Waals surface area (Å²) in [6.07, 6.45) is 5.58. The van der Waals surface area contributed by atoms with Crippen molar-refractivity contribution in [1.29, 1.82) is 0 Å². The Balaban J connectivity index is 1.45. The molecule has 2 aliphatic rings.